The van der Waals surface area contributed by atoms with E-state index >= 15 is 0 Å². The van der Waals surface area contributed by atoms with Crippen molar-refractivity contribution >= 4 is 5.97 Å². The Bertz CT molecular complexity index is 197. The summed E-state index contributed by atoms with van der Waals surface area (Å²) in [5, 5.41) is 8.70. The number of carboxylic acids is 1. The Morgan fingerprint density at radius 3 is 2.79 bits per heavy atom. The quantitative estimate of drug-likeness (QED) is 0.701. The summed E-state index contributed by atoms with van der Waals surface area (Å²) in [7, 11) is 2.12. The van der Waals surface area contributed by atoms with Crippen molar-refractivity contribution in [3.05, 3.63) is 0 Å². The number of hydrogen-bond donors (Lipinski definition) is 1. The first-order valence-corrected chi connectivity index (χ1v) is 5.28. The molecule has 1 atom stereocenters. The molecule has 1 fully saturated rings. The van der Waals surface area contributed by atoms with Gasteiger partial charge in [-0.2, -0.15) is 0 Å². The van der Waals surface area contributed by atoms with Crippen LogP contribution in [0.25, 0.3) is 0 Å². The van der Waals surface area contributed by atoms with Crippen LogP contribution in [-0.4, -0.2) is 60.1 Å². The summed E-state index contributed by atoms with van der Waals surface area (Å²) in [5.74, 6) is -0.729. The Kier molecular flexibility index (Phi) is 4.35. The van der Waals surface area contributed by atoms with E-state index in [1.165, 1.54) is 12.8 Å². The van der Waals surface area contributed by atoms with E-state index in [0.29, 0.717) is 6.04 Å². The van der Waals surface area contributed by atoms with Crippen molar-refractivity contribution < 1.29 is 9.90 Å². The van der Waals surface area contributed by atoms with Crippen LogP contribution < -0.4 is 0 Å². The summed E-state index contributed by atoms with van der Waals surface area (Å²) < 4.78 is 0. The van der Waals surface area contributed by atoms with Gasteiger partial charge in [-0.25, -0.2) is 0 Å². The highest BCUT2D eigenvalue weighted by Crippen LogP contribution is 2.15. The molecule has 0 saturated carbocycles. The van der Waals surface area contributed by atoms with Gasteiger partial charge in [-0.05, 0) is 33.0 Å². The number of likely N-dealkylation sites (N-methyl/N-ethyl adjacent to an activating group) is 2. The molecule has 1 rings (SSSR count). The fourth-order valence-corrected chi connectivity index (χ4v) is 2.00. The monoisotopic (exact) mass is 200 g/mol. The summed E-state index contributed by atoms with van der Waals surface area (Å²) >= 11 is 0. The van der Waals surface area contributed by atoms with E-state index in [-0.39, 0.29) is 6.54 Å². The van der Waals surface area contributed by atoms with Gasteiger partial charge < -0.3 is 10.0 Å². The highest BCUT2D eigenvalue weighted by molar-refractivity contribution is 5.69. The van der Waals surface area contributed by atoms with Gasteiger partial charge >= 0.3 is 5.97 Å². The van der Waals surface area contributed by atoms with Crippen molar-refractivity contribution in [1.29, 1.82) is 0 Å². The van der Waals surface area contributed by atoms with Crippen LogP contribution in [0, 0.1) is 0 Å². The molecule has 1 aliphatic heterocycles. The Morgan fingerprint density at radius 1 is 1.64 bits per heavy atom. The number of carbonyl (C=O) groups is 1. The third-order valence-corrected chi connectivity index (χ3v) is 2.95. The minimum atomic E-state index is -0.729. The van der Waals surface area contributed by atoms with Gasteiger partial charge in [0, 0.05) is 12.6 Å². The van der Waals surface area contributed by atoms with Gasteiger partial charge in [0.2, 0.25) is 0 Å². The highest BCUT2D eigenvalue weighted by atomic mass is 16.4. The van der Waals surface area contributed by atoms with Gasteiger partial charge in [0.1, 0.15) is 0 Å². The van der Waals surface area contributed by atoms with Crippen LogP contribution in [0.5, 0.6) is 0 Å². The number of hydrogen-bond acceptors (Lipinski definition) is 3. The van der Waals surface area contributed by atoms with Crippen molar-refractivity contribution in [2.75, 3.05) is 33.2 Å². The Hall–Kier alpha value is -0.610. The van der Waals surface area contributed by atoms with E-state index in [1.807, 2.05) is 11.8 Å². The summed E-state index contributed by atoms with van der Waals surface area (Å²) in [6.45, 7) is 5.03. The molecule has 0 aromatic heterocycles. The second-order valence-electron chi connectivity index (χ2n) is 4.00. The molecule has 0 bridgehead atoms. The molecule has 1 saturated heterocycles. The minimum absolute atomic E-state index is 0.167. The molecular weight excluding hydrogens is 180 g/mol. The molecule has 1 unspecified atom stereocenters. The van der Waals surface area contributed by atoms with Crippen LogP contribution in [0.15, 0.2) is 0 Å². The second kappa shape index (κ2) is 5.32. The summed E-state index contributed by atoms with van der Waals surface area (Å²) in [5.41, 5.74) is 0. The molecule has 1 N–H and O–H groups in total. The van der Waals surface area contributed by atoms with Gasteiger partial charge in [0.05, 0.1) is 6.54 Å². The molecule has 1 aliphatic rings. The normalized spacial score (nSPS) is 23.2. The molecule has 4 heteroatoms. The molecule has 0 aromatic rings. The lowest BCUT2D eigenvalue weighted by Crippen LogP contribution is -2.40. The van der Waals surface area contributed by atoms with Crippen LogP contribution in [-0.2, 0) is 4.79 Å². The SMILES string of the molecule is CCN(CC(=O)O)CC1CCCN1C. The van der Waals surface area contributed by atoms with E-state index in [9.17, 15) is 4.79 Å². The first-order valence-electron chi connectivity index (χ1n) is 5.28. The third kappa shape index (κ3) is 3.27. The fourth-order valence-electron chi connectivity index (χ4n) is 2.00. The van der Waals surface area contributed by atoms with Gasteiger partial charge in [-0.15, -0.1) is 0 Å². The molecule has 0 aliphatic carbocycles. The Morgan fingerprint density at radius 2 is 2.36 bits per heavy atom. The fraction of sp³-hybridized carbons (Fsp3) is 0.900. The van der Waals surface area contributed by atoms with Gasteiger partial charge in [-0.3, -0.25) is 9.69 Å². The number of nitrogens with zero attached hydrogens (tertiary/aromatic N) is 2. The maximum atomic E-state index is 10.6. The molecule has 0 radical (unpaired) electrons. The van der Waals surface area contributed by atoms with E-state index in [4.69, 9.17) is 5.11 Å². The lowest BCUT2D eigenvalue weighted by molar-refractivity contribution is -0.138. The van der Waals surface area contributed by atoms with Crippen LogP contribution in [0.1, 0.15) is 19.8 Å². The maximum Gasteiger partial charge on any atom is 0.317 e. The van der Waals surface area contributed by atoms with Crippen molar-refractivity contribution in [2.45, 2.75) is 25.8 Å². The van der Waals surface area contributed by atoms with Gasteiger partial charge in [-0.1, -0.05) is 6.92 Å². The first kappa shape index (κ1) is 11.5. The topological polar surface area (TPSA) is 43.8 Å². The van der Waals surface area contributed by atoms with Crippen molar-refractivity contribution in [1.82, 2.24) is 9.80 Å². The van der Waals surface area contributed by atoms with E-state index in [1.54, 1.807) is 0 Å². The average molecular weight is 200 g/mol. The Balaban J connectivity index is 2.35. The van der Waals surface area contributed by atoms with Crippen LogP contribution in [0.4, 0.5) is 0 Å². The molecule has 1 heterocycles. The molecule has 14 heavy (non-hydrogen) atoms. The van der Waals surface area contributed by atoms with Crippen LogP contribution in [0.3, 0.4) is 0 Å². The number of likely N-dealkylation sites (tertiary alicyclic amines) is 1. The van der Waals surface area contributed by atoms with E-state index in [0.717, 1.165) is 19.6 Å². The van der Waals surface area contributed by atoms with E-state index in [2.05, 4.69) is 11.9 Å². The van der Waals surface area contributed by atoms with Crippen molar-refractivity contribution in [2.24, 2.45) is 0 Å². The largest absolute Gasteiger partial charge is 0.480 e. The number of carboxylic acid groups (broad SMARTS) is 1. The zero-order valence-electron chi connectivity index (χ0n) is 9.07. The standard InChI is InChI=1S/C10H20N2O2/c1-3-12(8-10(13)14)7-9-5-4-6-11(9)2/h9H,3-8H2,1-2H3,(H,13,14). The zero-order chi connectivity index (χ0) is 10.6. The van der Waals surface area contributed by atoms with Gasteiger partial charge in [0.15, 0.2) is 0 Å². The van der Waals surface area contributed by atoms with Crippen molar-refractivity contribution in [3.8, 4) is 0 Å². The number of rotatable bonds is 5. The third-order valence-electron chi connectivity index (χ3n) is 2.95. The summed E-state index contributed by atoms with van der Waals surface area (Å²) in [4.78, 5) is 14.9. The number of aliphatic carboxylic acids is 1. The Labute approximate surface area is 85.5 Å². The summed E-state index contributed by atoms with van der Waals surface area (Å²) in [6.07, 6.45) is 2.44. The second-order valence-corrected chi connectivity index (χ2v) is 4.00. The molecule has 0 spiro atoms. The zero-order valence-corrected chi connectivity index (χ0v) is 9.07. The maximum absolute atomic E-state index is 10.6. The molecule has 4 nitrogen and oxygen atoms in total. The average Bonchev–Trinajstić information content (AvgIpc) is 2.50. The predicted octanol–water partition coefficient (Wildman–Crippen LogP) is 0.487. The lowest BCUT2D eigenvalue weighted by atomic mass is 10.2. The molecule has 0 amide bonds. The van der Waals surface area contributed by atoms with Crippen LogP contribution >= 0.6 is 0 Å². The summed E-state index contributed by atoms with van der Waals surface area (Å²) in [6, 6.07) is 0.550. The lowest BCUT2D eigenvalue weighted by Gasteiger charge is -2.26. The molecule has 82 valence electrons. The van der Waals surface area contributed by atoms with Crippen LogP contribution in [0.2, 0.25) is 0 Å². The highest BCUT2D eigenvalue weighted by Gasteiger charge is 2.23. The minimum Gasteiger partial charge on any atom is -0.480 e. The predicted molar refractivity (Wildman–Crippen MR) is 55.4 cm³/mol. The first-order chi connectivity index (χ1) is 6.63. The van der Waals surface area contributed by atoms with Gasteiger partial charge in [0.25, 0.3) is 0 Å². The smallest absolute Gasteiger partial charge is 0.317 e. The van der Waals surface area contributed by atoms with E-state index < -0.39 is 5.97 Å². The van der Waals surface area contributed by atoms with Crippen molar-refractivity contribution in [3.63, 3.8) is 0 Å². The molecular formula is C10H20N2O2. The molecule has 0 aromatic carbocycles.